The summed E-state index contributed by atoms with van der Waals surface area (Å²) in [6, 6.07) is 12.4. The summed E-state index contributed by atoms with van der Waals surface area (Å²) in [5.41, 5.74) is 1.14. The van der Waals surface area contributed by atoms with Crippen molar-refractivity contribution in [1.29, 1.82) is 0 Å². The van der Waals surface area contributed by atoms with Crippen LogP contribution in [-0.4, -0.2) is 42.0 Å². The molecule has 3 amide bonds. The van der Waals surface area contributed by atoms with Gasteiger partial charge in [0, 0.05) is 0 Å². The van der Waals surface area contributed by atoms with E-state index >= 15 is 0 Å². The minimum absolute atomic E-state index is 0.0130. The number of rotatable bonds is 7. The minimum Gasteiger partial charge on any atom is -0.467 e. The van der Waals surface area contributed by atoms with Crippen molar-refractivity contribution in [3.63, 3.8) is 0 Å². The van der Waals surface area contributed by atoms with Crippen LogP contribution in [0.4, 0.5) is 0 Å². The maximum atomic E-state index is 12.7. The van der Waals surface area contributed by atoms with Crippen molar-refractivity contribution in [3.05, 3.63) is 82.8 Å². The Labute approximate surface area is 199 Å². The van der Waals surface area contributed by atoms with Crippen LogP contribution >= 0.6 is 0 Å². The molecule has 0 saturated heterocycles. The molecule has 1 atom stereocenters. The molecule has 2 aliphatic rings. The molecule has 10 nitrogen and oxygen atoms in total. The number of nitrogens with zero attached hydrogens (tertiary/aromatic N) is 1. The second kappa shape index (κ2) is 8.98. The molecule has 35 heavy (non-hydrogen) atoms. The highest BCUT2D eigenvalue weighted by Gasteiger charge is 2.36. The number of ether oxygens (including phenoxy) is 3. The Bertz CT molecular complexity index is 1330. The first-order chi connectivity index (χ1) is 16.9. The molecule has 1 aromatic heterocycles. The maximum absolute atomic E-state index is 12.7. The van der Waals surface area contributed by atoms with E-state index in [1.165, 1.54) is 24.5 Å². The quantitative estimate of drug-likeness (QED) is 0.408. The van der Waals surface area contributed by atoms with E-state index in [-0.39, 0.29) is 36.1 Å². The molecule has 3 aromatic rings. The molecule has 10 heteroatoms. The van der Waals surface area contributed by atoms with Gasteiger partial charge >= 0.3 is 5.97 Å². The van der Waals surface area contributed by atoms with Crippen molar-refractivity contribution in [1.82, 2.24) is 10.2 Å². The van der Waals surface area contributed by atoms with Crippen molar-refractivity contribution in [2.24, 2.45) is 0 Å². The van der Waals surface area contributed by atoms with Crippen molar-refractivity contribution >= 4 is 23.7 Å². The molecular weight excluding hydrogens is 456 g/mol. The number of nitrogens with one attached hydrogen (secondary N) is 1. The van der Waals surface area contributed by atoms with Crippen LogP contribution in [0.2, 0.25) is 0 Å². The van der Waals surface area contributed by atoms with Crippen molar-refractivity contribution < 1.29 is 37.8 Å². The average molecular weight is 476 g/mol. The van der Waals surface area contributed by atoms with Crippen LogP contribution in [0.3, 0.4) is 0 Å². The predicted octanol–water partition coefficient (Wildman–Crippen LogP) is 2.84. The molecule has 5 rings (SSSR count). The molecule has 2 aromatic carbocycles. The number of benzene rings is 2. The normalized spacial score (nSPS) is 14.6. The second-order valence-electron chi connectivity index (χ2n) is 8.01. The van der Waals surface area contributed by atoms with E-state index in [0.29, 0.717) is 17.3 Å². The zero-order valence-electron chi connectivity index (χ0n) is 18.6. The lowest BCUT2D eigenvalue weighted by Gasteiger charge is -2.15. The van der Waals surface area contributed by atoms with E-state index in [1.54, 1.807) is 31.2 Å². The SMILES string of the molecule is CC(NC(=O)COC(=O)c1ccc2c(c1)C(=O)N(Cc1ccco1)C2=O)c1ccc2c(c1)OCO2. The fourth-order valence-corrected chi connectivity index (χ4v) is 3.88. The number of amides is 3. The van der Waals surface area contributed by atoms with Gasteiger partial charge in [0.25, 0.3) is 17.7 Å². The first-order valence-electron chi connectivity index (χ1n) is 10.8. The van der Waals surface area contributed by atoms with Gasteiger partial charge in [-0.05, 0) is 55.0 Å². The van der Waals surface area contributed by atoms with Gasteiger partial charge in [-0.3, -0.25) is 19.3 Å². The molecule has 3 heterocycles. The highest BCUT2D eigenvalue weighted by Crippen LogP contribution is 2.34. The third-order valence-electron chi connectivity index (χ3n) is 5.71. The summed E-state index contributed by atoms with van der Waals surface area (Å²) in [5, 5.41) is 2.75. The van der Waals surface area contributed by atoms with Gasteiger partial charge in [0.1, 0.15) is 5.76 Å². The Hall–Kier alpha value is -4.60. The van der Waals surface area contributed by atoms with Crippen LogP contribution in [0.15, 0.2) is 59.2 Å². The molecule has 2 aliphatic heterocycles. The summed E-state index contributed by atoms with van der Waals surface area (Å²) in [4.78, 5) is 51.2. The van der Waals surface area contributed by atoms with Gasteiger partial charge in [-0.2, -0.15) is 0 Å². The lowest BCUT2D eigenvalue weighted by molar-refractivity contribution is -0.124. The fourth-order valence-electron chi connectivity index (χ4n) is 3.88. The number of hydrogen-bond acceptors (Lipinski definition) is 8. The molecule has 0 fully saturated rings. The summed E-state index contributed by atoms with van der Waals surface area (Å²) in [6.07, 6.45) is 1.45. The Morgan fingerprint density at radius 2 is 1.83 bits per heavy atom. The number of carbonyl (C=O) groups excluding carboxylic acids is 4. The lowest BCUT2D eigenvalue weighted by Crippen LogP contribution is -2.31. The molecule has 0 bridgehead atoms. The van der Waals surface area contributed by atoms with Gasteiger partial charge in [-0.25, -0.2) is 4.79 Å². The van der Waals surface area contributed by atoms with Gasteiger partial charge in [0.15, 0.2) is 18.1 Å². The van der Waals surface area contributed by atoms with Gasteiger partial charge in [-0.1, -0.05) is 6.07 Å². The smallest absolute Gasteiger partial charge is 0.338 e. The molecule has 1 unspecified atom stereocenters. The van der Waals surface area contributed by atoms with E-state index in [4.69, 9.17) is 18.6 Å². The first-order valence-corrected chi connectivity index (χ1v) is 10.8. The summed E-state index contributed by atoms with van der Waals surface area (Å²) in [5.74, 6) is -0.601. The number of fused-ring (bicyclic) bond motifs is 2. The summed E-state index contributed by atoms with van der Waals surface area (Å²) < 4.78 is 20.9. The van der Waals surface area contributed by atoms with Crippen LogP contribution < -0.4 is 14.8 Å². The van der Waals surface area contributed by atoms with Gasteiger partial charge in [0.2, 0.25) is 6.79 Å². The van der Waals surface area contributed by atoms with E-state index in [0.717, 1.165) is 10.5 Å². The largest absolute Gasteiger partial charge is 0.467 e. The number of esters is 1. The zero-order valence-corrected chi connectivity index (χ0v) is 18.6. The Balaban J connectivity index is 1.19. The van der Waals surface area contributed by atoms with E-state index in [1.807, 2.05) is 6.07 Å². The van der Waals surface area contributed by atoms with Crippen LogP contribution in [0.25, 0.3) is 0 Å². The minimum atomic E-state index is -0.789. The number of hydrogen-bond donors (Lipinski definition) is 1. The predicted molar refractivity (Wildman–Crippen MR) is 119 cm³/mol. The molecule has 0 aliphatic carbocycles. The lowest BCUT2D eigenvalue weighted by atomic mass is 10.1. The molecule has 0 radical (unpaired) electrons. The van der Waals surface area contributed by atoms with E-state index in [2.05, 4.69) is 5.32 Å². The van der Waals surface area contributed by atoms with Crippen LogP contribution in [0.1, 0.15) is 55.4 Å². The Morgan fingerprint density at radius 1 is 1.03 bits per heavy atom. The van der Waals surface area contributed by atoms with Crippen molar-refractivity contribution in [2.75, 3.05) is 13.4 Å². The van der Waals surface area contributed by atoms with Gasteiger partial charge < -0.3 is 23.9 Å². The number of furan rings is 1. The fraction of sp³-hybridized carbons (Fsp3) is 0.200. The van der Waals surface area contributed by atoms with Crippen LogP contribution in [-0.2, 0) is 16.1 Å². The van der Waals surface area contributed by atoms with E-state index < -0.39 is 30.3 Å². The summed E-state index contributed by atoms with van der Waals surface area (Å²) >= 11 is 0. The zero-order chi connectivity index (χ0) is 24.5. The second-order valence-corrected chi connectivity index (χ2v) is 8.01. The van der Waals surface area contributed by atoms with Crippen LogP contribution in [0, 0.1) is 0 Å². The third kappa shape index (κ3) is 4.33. The highest BCUT2D eigenvalue weighted by molar-refractivity contribution is 6.21. The topological polar surface area (TPSA) is 124 Å². The third-order valence-corrected chi connectivity index (χ3v) is 5.71. The monoisotopic (exact) mass is 476 g/mol. The average Bonchev–Trinajstić information content (AvgIpc) is 3.60. The van der Waals surface area contributed by atoms with Crippen molar-refractivity contribution in [3.8, 4) is 11.5 Å². The van der Waals surface area contributed by atoms with Gasteiger partial charge in [0.05, 0.1) is 35.5 Å². The summed E-state index contributed by atoms with van der Waals surface area (Å²) in [7, 11) is 0. The molecule has 0 spiro atoms. The van der Waals surface area contributed by atoms with Crippen LogP contribution in [0.5, 0.6) is 11.5 Å². The molecule has 0 saturated carbocycles. The Kier molecular flexibility index (Phi) is 5.69. The molecule has 1 N–H and O–H groups in total. The summed E-state index contributed by atoms with van der Waals surface area (Å²) in [6.45, 7) is 1.41. The molecule has 178 valence electrons. The molecular formula is C25H20N2O8. The van der Waals surface area contributed by atoms with Crippen molar-refractivity contribution in [2.45, 2.75) is 19.5 Å². The van der Waals surface area contributed by atoms with E-state index in [9.17, 15) is 19.2 Å². The van der Waals surface area contributed by atoms with Gasteiger partial charge in [-0.15, -0.1) is 0 Å². The first kappa shape index (κ1) is 22.2. The Morgan fingerprint density at radius 3 is 2.63 bits per heavy atom. The maximum Gasteiger partial charge on any atom is 0.338 e. The highest BCUT2D eigenvalue weighted by atomic mass is 16.7. The number of carbonyl (C=O) groups is 4. The number of imide groups is 1. The standard InChI is InChI=1S/C25H20N2O8/c1-14(15-5-7-20-21(10-15)35-13-34-20)26-22(28)12-33-25(31)16-4-6-18-19(9-16)24(30)27(23(18)29)11-17-3-2-8-32-17/h2-10,14H,11-13H2,1H3,(H,26,28).